The molecule has 2 bridgehead atoms. The van der Waals surface area contributed by atoms with Gasteiger partial charge in [0, 0.05) is 5.56 Å². The van der Waals surface area contributed by atoms with Gasteiger partial charge in [-0.05, 0) is 90.9 Å². The van der Waals surface area contributed by atoms with Crippen LogP contribution < -0.4 is 14.2 Å². The Morgan fingerprint density at radius 2 is 2.05 bits per heavy atom. The van der Waals surface area contributed by atoms with E-state index in [2.05, 4.69) is 22.0 Å². The van der Waals surface area contributed by atoms with E-state index >= 15 is 0 Å². The third kappa shape index (κ3) is 4.65. The van der Waals surface area contributed by atoms with Gasteiger partial charge in [0.1, 0.15) is 29.7 Å². The number of esters is 2. The first-order valence-electron chi connectivity index (χ1n) is 13.7. The topological polar surface area (TPSA) is 115 Å². The Kier molecular flexibility index (Phi) is 7.62. The molecule has 0 saturated heterocycles. The fourth-order valence-electron chi connectivity index (χ4n) is 6.64. The third-order valence-corrected chi connectivity index (χ3v) is 9.74. The van der Waals surface area contributed by atoms with Crippen molar-refractivity contribution in [2.24, 2.45) is 23.2 Å². The number of aliphatic hydroxyl groups excluding tert-OH is 1. The molecule has 0 radical (unpaired) electrons. The second-order valence-corrected chi connectivity index (χ2v) is 12.6. The van der Waals surface area contributed by atoms with Gasteiger partial charge in [0.15, 0.2) is 11.5 Å². The van der Waals surface area contributed by atoms with Crippen LogP contribution in [-0.2, 0) is 16.1 Å². The van der Waals surface area contributed by atoms with Crippen molar-refractivity contribution in [3.05, 3.63) is 44.4 Å². The Hall–Kier alpha value is -3.09. The molecule has 0 spiro atoms. The zero-order chi connectivity index (χ0) is 28.9. The van der Waals surface area contributed by atoms with Gasteiger partial charge < -0.3 is 24.1 Å². The maximum atomic E-state index is 13.7. The first-order chi connectivity index (χ1) is 19.0. The number of hydrogen-bond donors (Lipinski definition) is 1. The average Bonchev–Trinajstić information content (AvgIpc) is 3.51. The highest BCUT2D eigenvalue weighted by Crippen LogP contribution is 2.57. The fourth-order valence-corrected chi connectivity index (χ4v) is 7.10. The molecule has 2 aromatic carbocycles. The van der Waals surface area contributed by atoms with Crippen LogP contribution in [0.5, 0.6) is 23.0 Å². The van der Waals surface area contributed by atoms with Crippen LogP contribution in [0.3, 0.4) is 0 Å². The van der Waals surface area contributed by atoms with Crippen LogP contribution in [0.2, 0.25) is 0 Å². The molecule has 2 aliphatic carbocycles. The summed E-state index contributed by atoms with van der Waals surface area (Å²) in [6, 6.07) is 5.40. The van der Waals surface area contributed by atoms with Crippen molar-refractivity contribution >= 4 is 27.9 Å². The van der Waals surface area contributed by atoms with E-state index in [1.54, 1.807) is 19.1 Å². The zero-order valence-electron chi connectivity index (χ0n) is 23.4. The van der Waals surface area contributed by atoms with Crippen molar-refractivity contribution in [2.75, 3.05) is 7.11 Å². The minimum Gasteiger partial charge on any atom is -0.495 e. The first-order valence-corrected chi connectivity index (χ1v) is 14.5. The Bertz CT molecular complexity index is 1430. The lowest BCUT2D eigenvalue weighted by Gasteiger charge is -2.32. The fraction of sp³-hybridized carbons (Fsp3) is 0.516. The van der Waals surface area contributed by atoms with E-state index in [4.69, 9.17) is 18.9 Å². The molecular weight excluding hydrogens is 578 g/mol. The van der Waals surface area contributed by atoms with Gasteiger partial charge in [0.25, 0.3) is 0 Å². The summed E-state index contributed by atoms with van der Waals surface area (Å²) >= 11 is 3.55. The van der Waals surface area contributed by atoms with Crippen LogP contribution in [0.15, 0.2) is 16.6 Å². The van der Waals surface area contributed by atoms with Gasteiger partial charge >= 0.3 is 11.9 Å². The van der Waals surface area contributed by atoms with Crippen molar-refractivity contribution in [1.29, 1.82) is 5.26 Å². The number of carbonyl (C=O) groups is 2. The van der Waals surface area contributed by atoms with Crippen LogP contribution in [0.25, 0.3) is 0 Å². The van der Waals surface area contributed by atoms with E-state index in [0.29, 0.717) is 33.5 Å². The molecule has 2 saturated carbocycles. The number of methoxy groups -OCH3 is 1. The lowest BCUT2D eigenvalue weighted by Crippen LogP contribution is -2.37. The molecule has 2 fully saturated rings. The quantitative estimate of drug-likeness (QED) is 0.277. The van der Waals surface area contributed by atoms with E-state index in [-0.39, 0.29) is 58.5 Å². The van der Waals surface area contributed by atoms with Crippen LogP contribution in [0.4, 0.5) is 0 Å². The van der Waals surface area contributed by atoms with Gasteiger partial charge in [-0.3, -0.25) is 4.79 Å². The summed E-state index contributed by atoms with van der Waals surface area (Å²) in [6.45, 7) is 7.41. The number of ether oxygens (including phenoxy) is 4. The number of nitrogens with zero attached hydrogens (tertiary/aromatic N) is 1. The Balaban J connectivity index is 1.63. The van der Waals surface area contributed by atoms with E-state index in [9.17, 15) is 20.0 Å². The molecule has 3 unspecified atom stereocenters. The monoisotopic (exact) mass is 611 g/mol. The molecule has 4 atom stereocenters. The van der Waals surface area contributed by atoms with Crippen LogP contribution in [0.1, 0.15) is 91.6 Å². The van der Waals surface area contributed by atoms with Crippen LogP contribution in [-0.4, -0.2) is 24.2 Å². The molecule has 1 N–H and O–H groups in total. The van der Waals surface area contributed by atoms with Gasteiger partial charge in [0.2, 0.25) is 0 Å². The minimum absolute atomic E-state index is 0.0148. The standard InChI is InChI=1S/C31H34BrNO7/c1-15(2)10-22(34)19-8-9-23-24(26(19)37-5)29(35)38-14-21-20(13-33)16(3)25(32)28(27(21)39-23)40-30(36)31(4)12-17-6-7-18(31)11-17/h8-9,15,17-18,22,34H,6-7,10-12,14H2,1-5H3/t17?,18?,22-,31?/m0/s1. The lowest BCUT2D eigenvalue weighted by molar-refractivity contribution is -0.148. The highest BCUT2D eigenvalue weighted by molar-refractivity contribution is 9.10. The molecule has 3 aliphatic rings. The molecular formula is C31H34BrNO7. The molecule has 1 heterocycles. The molecule has 212 valence electrons. The molecule has 1 aliphatic heterocycles. The normalized spacial score (nSPS) is 23.7. The minimum atomic E-state index is -0.869. The maximum absolute atomic E-state index is 13.7. The summed E-state index contributed by atoms with van der Waals surface area (Å²) in [6.07, 6.45) is 3.56. The van der Waals surface area contributed by atoms with Crippen molar-refractivity contribution in [3.63, 3.8) is 0 Å². The van der Waals surface area contributed by atoms with Crippen molar-refractivity contribution in [2.45, 2.75) is 72.5 Å². The van der Waals surface area contributed by atoms with E-state index in [0.717, 1.165) is 25.7 Å². The van der Waals surface area contributed by atoms with E-state index < -0.39 is 17.5 Å². The summed E-state index contributed by atoms with van der Waals surface area (Å²) < 4.78 is 24.2. The van der Waals surface area contributed by atoms with Crippen molar-refractivity contribution < 1.29 is 33.6 Å². The van der Waals surface area contributed by atoms with Crippen molar-refractivity contribution in [3.8, 4) is 29.1 Å². The molecule has 8 nitrogen and oxygen atoms in total. The zero-order valence-corrected chi connectivity index (χ0v) is 25.0. The van der Waals surface area contributed by atoms with Crippen molar-refractivity contribution in [1.82, 2.24) is 0 Å². The number of hydrogen-bond acceptors (Lipinski definition) is 8. The average molecular weight is 613 g/mol. The summed E-state index contributed by atoms with van der Waals surface area (Å²) in [5.41, 5.74) is 0.975. The second-order valence-electron chi connectivity index (χ2n) is 11.8. The van der Waals surface area contributed by atoms with Gasteiger partial charge in [-0.1, -0.05) is 20.3 Å². The predicted molar refractivity (Wildman–Crippen MR) is 149 cm³/mol. The van der Waals surface area contributed by atoms with E-state index in [1.807, 2.05) is 20.8 Å². The summed E-state index contributed by atoms with van der Waals surface area (Å²) in [5.74, 6) is 0.485. The number of benzene rings is 2. The smallest absolute Gasteiger partial charge is 0.346 e. The van der Waals surface area contributed by atoms with Crippen LogP contribution >= 0.6 is 15.9 Å². The summed E-state index contributed by atoms with van der Waals surface area (Å²) in [5, 5.41) is 20.9. The first kappa shape index (κ1) is 28.4. The number of aliphatic hydroxyl groups is 1. The number of fused-ring (bicyclic) bond motifs is 4. The van der Waals surface area contributed by atoms with Gasteiger partial charge in [-0.25, -0.2) is 4.79 Å². The summed E-state index contributed by atoms with van der Waals surface area (Å²) in [7, 11) is 1.41. The third-order valence-electron chi connectivity index (χ3n) is 8.78. The molecule has 5 rings (SSSR count). The van der Waals surface area contributed by atoms with Gasteiger partial charge in [0.05, 0.1) is 34.2 Å². The number of cyclic esters (lactones) is 1. The highest BCUT2D eigenvalue weighted by Gasteiger charge is 2.54. The van der Waals surface area contributed by atoms with Gasteiger partial charge in [-0.15, -0.1) is 0 Å². The maximum Gasteiger partial charge on any atom is 0.346 e. The lowest BCUT2D eigenvalue weighted by atomic mass is 9.75. The van der Waals surface area contributed by atoms with Gasteiger partial charge in [-0.2, -0.15) is 5.26 Å². The Morgan fingerprint density at radius 1 is 1.30 bits per heavy atom. The Labute approximate surface area is 242 Å². The second kappa shape index (κ2) is 10.7. The number of halogens is 1. The SMILES string of the molecule is COc1c([C@@H](O)CC(C)C)ccc2c1C(=O)OCc1c(C#N)c(C)c(Br)c(OC(=O)C3(C)CC4CCC3C4)c1O2. The number of rotatable bonds is 6. The van der Waals surface area contributed by atoms with Crippen LogP contribution in [0, 0.1) is 41.4 Å². The predicted octanol–water partition coefficient (Wildman–Crippen LogP) is 6.91. The molecule has 0 amide bonds. The number of carbonyl (C=O) groups excluding carboxylic acids is 2. The molecule has 0 aromatic heterocycles. The largest absolute Gasteiger partial charge is 0.495 e. The molecule has 40 heavy (non-hydrogen) atoms. The molecule has 2 aromatic rings. The molecule has 9 heteroatoms. The van der Waals surface area contributed by atoms with E-state index in [1.165, 1.54) is 7.11 Å². The Morgan fingerprint density at radius 3 is 2.65 bits per heavy atom. The summed E-state index contributed by atoms with van der Waals surface area (Å²) in [4.78, 5) is 27.0. The highest BCUT2D eigenvalue weighted by atomic mass is 79.9. The number of nitriles is 1.